The lowest BCUT2D eigenvalue weighted by molar-refractivity contribution is 0.292. The topological polar surface area (TPSA) is 62.8 Å². The molecule has 0 aliphatic rings. The Labute approximate surface area is 155 Å². The van der Waals surface area contributed by atoms with Gasteiger partial charge in [-0.05, 0) is 44.1 Å². The fraction of sp³-hybridized carbons (Fsp3) is 0.600. The summed E-state index contributed by atoms with van der Waals surface area (Å²) >= 11 is 6.20. The normalized spacial score (nSPS) is 9.74. The van der Waals surface area contributed by atoms with Gasteiger partial charge in [0.2, 0.25) is 0 Å². The van der Waals surface area contributed by atoms with Crippen molar-refractivity contribution in [3.05, 3.63) is 22.7 Å². The molecule has 0 aliphatic heterocycles. The van der Waals surface area contributed by atoms with E-state index in [2.05, 4.69) is 10.6 Å². The maximum absolute atomic E-state index is 8.64. The summed E-state index contributed by atoms with van der Waals surface area (Å²) in [4.78, 5) is 0. The van der Waals surface area contributed by atoms with Gasteiger partial charge < -0.3 is 25.2 Å². The third-order valence-corrected chi connectivity index (χ3v) is 3.18. The van der Waals surface area contributed by atoms with E-state index in [0.29, 0.717) is 29.7 Å². The molecule has 0 saturated heterocycles. The summed E-state index contributed by atoms with van der Waals surface area (Å²) in [5, 5.41) is 15.7. The van der Waals surface area contributed by atoms with Crippen LogP contribution in [0, 0.1) is 0 Å². The smallest absolute Gasteiger partial charge is 0.179 e. The van der Waals surface area contributed by atoms with Crippen molar-refractivity contribution in [2.45, 2.75) is 19.9 Å². The van der Waals surface area contributed by atoms with E-state index in [1.807, 2.05) is 19.1 Å². The second-order valence-electron chi connectivity index (χ2n) is 4.55. The van der Waals surface area contributed by atoms with Gasteiger partial charge in [-0.3, -0.25) is 0 Å². The quantitative estimate of drug-likeness (QED) is 0.508. The molecule has 0 atom stereocenters. The lowest BCUT2D eigenvalue weighted by Crippen LogP contribution is -2.23. The molecule has 0 fully saturated rings. The average molecular weight is 390 g/mol. The molecule has 0 heterocycles. The molecule has 0 aliphatic carbocycles. The van der Waals surface area contributed by atoms with Crippen LogP contribution in [0.15, 0.2) is 12.1 Å². The zero-order valence-corrected chi connectivity index (χ0v) is 16.0. The predicted molar refractivity (Wildman–Crippen MR) is 99.9 cm³/mol. The monoisotopic (exact) mass is 388 g/mol. The van der Waals surface area contributed by atoms with Crippen molar-refractivity contribution in [3.63, 3.8) is 0 Å². The maximum atomic E-state index is 8.64. The van der Waals surface area contributed by atoms with E-state index in [-0.39, 0.29) is 31.4 Å². The lowest BCUT2D eigenvalue weighted by Gasteiger charge is -2.13. The van der Waals surface area contributed by atoms with Gasteiger partial charge in [-0.1, -0.05) is 11.6 Å². The van der Waals surface area contributed by atoms with Gasteiger partial charge in [0.15, 0.2) is 11.5 Å². The number of benzene rings is 1. The van der Waals surface area contributed by atoms with Crippen molar-refractivity contribution >= 4 is 36.4 Å². The highest BCUT2D eigenvalue weighted by Crippen LogP contribution is 2.36. The van der Waals surface area contributed by atoms with Gasteiger partial charge in [-0.25, -0.2) is 0 Å². The molecular weight excluding hydrogens is 363 g/mol. The zero-order chi connectivity index (χ0) is 15.5. The van der Waals surface area contributed by atoms with Crippen LogP contribution in [0.25, 0.3) is 0 Å². The molecule has 136 valence electrons. The Bertz CT molecular complexity index is 423. The van der Waals surface area contributed by atoms with Crippen molar-refractivity contribution in [1.29, 1.82) is 0 Å². The van der Waals surface area contributed by atoms with Crippen molar-refractivity contribution in [2.24, 2.45) is 0 Å². The Balaban J connectivity index is 0. The van der Waals surface area contributed by atoms with Crippen LogP contribution < -0.4 is 20.1 Å². The first kappa shape index (κ1) is 24.8. The summed E-state index contributed by atoms with van der Waals surface area (Å²) in [5.74, 6) is 1.25. The number of hydrogen-bond donors (Lipinski definition) is 3. The minimum Gasteiger partial charge on any atom is -0.491 e. The molecule has 1 rings (SSSR count). The van der Waals surface area contributed by atoms with Gasteiger partial charge in [-0.2, -0.15) is 0 Å². The van der Waals surface area contributed by atoms with E-state index in [0.717, 1.165) is 31.6 Å². The van der Waals surface area contributed by atoms with Crippen LogP contribution in [-0.4, -0.2) is 45.1 Å². The highest BCUT2D eigenvalue weighted by atomic mass is 35.5. The Morgan fingerprint density at radius 2 is 1.83 bits per heavy atom. The van der Waals surface area contributed by atoms with Crippen LogP contribution in [0.3, 0.4) is 0 Å². The van der Waals surface area contributed by atoms with Crippen molar-refractivity contribution < 1.29 is 14.6 Å². The largest absolute Gasteiger partial charge is 0.491 e. The van der Waals surface area contributed by atoms with Crippen LogP contribution in [-0.2, 0) is 6.54 Å². The summed E-state index contributed by atoms with van der Waals surface area (Å²) in [6, 6.07) is 3.84. The fourth-order valence-electron chi connectivity index (χ4n) is 1.96. The number of hydrogen-bond acceptors (Lipinski definition) is 5. The molecule has 3 N–H and O–H groups in total. The van der Waals surface area contributed by atoms with Crippen molar-refractivity contribution in [2.75, 3.05) is 40.0 Å². The van der Waals surface area contributed by atoms with Crippen LogP contribution in [0.4, 0.5) is 0 Å². The highest BCUT2D eigenvalue weighted by Gasteiger charge is 2.11. The molecule has 0 bridgehead atoms. The molecular formula is C15H27Cl3N2O3. The van der Waals surface area contributed by atoms with E-state index in [1.165, 1.54) is 0 Å². The maximum Gasteiger partial charge on any atom is 0.179 e. The first-order valence-electron chi connectivity index (χ1n) is 7.24. The fourth-order valence-corrected chi connectivity index (χ4v) is 2.27. The number of aliphatic hydroxyl groups excluding tert-OH is 1. The number of rotatable bonds is 11. The van der Waals surface area contributed by atoms with E-state index >= 15 is 0 Å². The molecule has 0 aromatic heterocycles. The van der Waals surface area contributed by atoms with Crippen LogP contribution in [0.5, 0.6) is 11.5 Å². The van der Waals surface area contributed by atoms with Crippen LogP contribution in [0.1, 0.15) is 18.9 Å². The number of aliphatic hydroxyl groups is 1. The summed E-state index contributed by atoms with van der Waals surface area (Å²) in [6.45, 7) is 5.83. The Kier molecular flexibility index (Phi) is 16.3. The lowest BCUT2D eigenvalue weighted by atomic mass is 10.2. The first-order valence-corrected chi connectivity index (χ1v) is 7.62. The Morgan fingerprint density at radius 3 is 2.43 bits per heavy atom. The van der Waals surface area contributed by atoms with Crippen LogP contribution in [0.2, 0.25) is 5.02 Å². The SMILES string of the molecule is CCOc1cc(CNCCCNCCO)cc(Cl)c1OC.Cl.Cl. The molecule has 0 spiro atoms. The van der Waals surface area contributed by atoms with Gasteiger partial charge in [0, 0.05) is 13.1 Å². The van der Waals surface area contributed by atoms with Crippen LogP contribution >= 0.6 is 36.4 Å². The minimum atomic E-state index is 0. The summed E-state index contributed by atoms with van der Waals surface area (Å²) in [7, 11) is 1.58. The van der Waals surface area contributed by atoms with Gasteiger partial charge >= 0.3 is 0 Å². The molecule has 8 heteroatoms. The molecule has 0 saturated carbocycles. The Morgan fingerprint density at radius 1 is 1.13 bits per heavy atom. The van der Waals surface area contributed by atoms with Gasteiger partial charge in [0.25, 0.3) is 0 Å². The number of nitrogens with one attached hydrogen (secondary N) is 2. The number of halogens is 3. The molecule has 1 aromatic carbocycles. The molecule has 5 nitrogen and oxygen atoms in total. The standard InChI is InChI=1S/C15H25ClN2O3.2ClH/c1-3-21-14-10-12(9-13(16)15(14)20-2)11-18-6-4-5-17-7-8-19;;/h9-10,17-19H,3-8,11H2,1-2H3;2*1H. The number of ether oxygens (including phenoxy) is 2. The summed E-state index contributed by atoms with van der Waals surface area (Å²) in [5.41, 5.74) is 1.06. The van der Waals surface area contributed by atoms with Crippen molar-refractivity contribution in [3.8, 4) is 11.5 Å². The van der Waals surface area contributed by atoms with E-state index in [4.69, 9.17) is 26.2 Å². The predicted octanol–water partition coefficient (Wildman–Crippen LogP) is 2.65. The molecule has 23 heavy (non-hydrogen) atoms. The first-order chi connectivity index (χ1) is 10.2. The third-order valence-electron chi connectivity index (χ3n) is 2.90. The highest BCUT2D eigenvalue weighted by molar-refractivity contribution is 6.32. The molecule has 0 radical (unpaired) electrons. The second-order valence-corrected chi connectivity index (χ2v) is 4.95. The van der Waals surface area contributed by atoms with E-state index < -0.39 is 0 Å². The minimum absolute atomic E-state index is 0. The third kappa shape index (κ3) is 9.45. The average Bonchev–Trinajstić information content (AvgIpc) is 2.46. The van der Waals surface area contributed by atoms with E-state index in [9.17, 15) is 0 Å². The second kappa shape index (κ2) is 15.1. The van der Waals surface area contributed by atoms with E-state index in [1.54, 1.807) is 7.11 Å². The summed E-state index contributed by atoms with van der Waals surface area (Å²) < 4.78 is 10.8. The zero-order valence-electron chi connectivity index (χ0n) is 13.6. The molecule has 0 amide bonds. The Hall–Kier alpha value is -0.430. The summed E-state index contributed by atoms with van der Waals surface area (Å²) in [6.07, 6.45) is 1.00. The van der Waals surface area contributed by atoms with Crippen molar-refractivity contribution in [1.82, 2.24) is 10.6 Å². The molecule has 1 aromatic rings. The van der Waals surface area contributed by atoms with Gasteiger partial charge in [0.1, 0.15) is 0 Å². The molecule has 0 unspecified atom stereocenters. The number of methoxy groups -OCH3 is 1. The van der Waals surface area contributed by atoms with Gasteiger partial charge in [0.05, 0.1) is 25.3 Å². The van der Waals surface area contributed by atoms with Gasteiger partial charge in [-0.15, -0.1) is 24.8 Å².